The molecule has 3 aromatic rings. The van der Waals surface area contributed by atoms with Crippen molar-refractivity contribution in [1.82, 2.24) is 25.3 Å². The van der Waals surface area contributed by atoms with E-state index in [2.05, 4.69) is 42.5 Å². The molecule has 0 saturated heterocycles. The van der Waals surface area contributed by atoms with Crippen LogP contribution in [0.1, 0.15) is 30.1 Å². The maximum Gasteiger partial charge on any atom is 0.405 e. The van der Waals surface area contributed by atoms with E-state index in [1.807, 2.05) is 18.2 Å². The van der Waals surface area contributed by atoms with Gasteiger partial charge in [-0.2, -0.15) is 4.98 Å². The molecule has 1 unspecified atom stereocenters. The third-order valence-corrected chi connectivity index (χ3v) is 5.47. The Hall–Kier alpha value is -4.54. The molecular weight excluding hydrogens is 436 g/mol. The lowest BCUT2D eigenvalue weighted by Crippen LogP contribution is -2.49. The predicted octanol–water partition coefficient (Wildman–Crippen LogP) is 2.93. The second-order valence-corrected chi connectivity index (χ2v) is 8.11. The molecule has 174 valence electrons. The van der Waals surface area contributed by atoms with Crippen LogP contribution in [0.15, 0.2) is 61.1 Å². The molecule has 34 heavy (non-hydrogen) atoms. The maximum absolute atomic E-state index is 12.0. The van der Waals surface area contributed by atoms with Gasteiger partial charge in [-0.25, -0.2) is 19.7 Å². The maximum atomic E-state index is 12.0. The molecule has 11 nitrogen and oxygen atoms in total. The largest absolute Gasteiger partial charge is 0.465 e. The van der Waals surface area contributed by atoms with Crippen LogP contribution < -0.4 is 21.7 Å². The molecule has 1 aromatic carbocycles. The zero-order valence-corrected chi connectivity index (χ0v) is 18.4. The molecule has 0 bridgehead atoms. The number of aromatic nitrogens is 4. The Kier molecular flexibility index (Phi) is 6.09. The quantitative estimate of drug-likeness (QED) is 0.301. The molecule has 6 N–H and O–H groups in total. The number of nitrogens with zero attached hydrogens (tertiary/aromatic N) is 4. The summed E-state index contributed by atoms with van der Waals surface area (Å²) in [5.41, 5.74) is 7.09. The van der Waals surface area contributed by atoms with E-state index in [0.717, 1.165) is 11.1 Å². The second kappa shape index (κ2) is 9.14. The third kappa shape index (κ3) is 4.93. The van der Waals surface area contributed by atoms with Crippen LogP contribution in [0.4, 0.5) is 22.2 Å². The highest BCUT2D eigenvalue weighted by Gasteiger charge is 2.51. The first-order chi connectivity index (χ1) is 16.3. The third-order valence-electron chi connectivity index (χ3n) is 5.47. The average Bonchev–Trinajstić information content (AvgIpc) is 3.57. The smallest absolute Gasteiger partial charge is 0.405 e. The van der Waals surface area contributed by atoms with E-state index in [4.69, 9.17) is 5.73 Å². The number of benzene rings is 1. The van der Waals surface area contributed by atoms with Gasteiger partial charge in [-0.05, 0) is 38.0 Å². The topological polar surface area (TPSA) is 168 Å². The average molecular weight is 460 g/mol. The van der Waals surface area contributed by atoms with E-state index in [1.165, 1.54) is 6.20 Å². The summed E-state index contributed by atoms with van der Waals surface area (Å²) in [6.45, 7) is 5.79. The molecule has 1 aliphatic rings. The highest BCUT2D eigenvalue weighted by atomic mass is 16.4. The van der Waals surface area contributed by atoms with Crippen molar-refractivity contribution in [1.29, 1.82) is 0 Å². The Labute approximate surface area is 195 Å². The van der Waals surface area contributed by atoms with E-state index >= 15 is 0 Å². The number of nitrogens with one attached hydrogen (secondary N) is 3. The first-order valence-electron chi connectivity index (χ1n) is 10.5. The zero-order chi connectivity index (χ0) is 24.3. The van der Waals surface area contributed by atoms with Gasteiger partial charge in [0.25, 0.3) is 5.91 Å². The van der Waals surface area contributed by atoms with Crippen molar-refractivity contribution in [2.45, 2.75) is 31.3 Å². The number of carboxylic acid groups (broad SMARTS) is 1. The van der Waals surface area contributed by atoms with Gasteiger partial charge in [0, 0.05) is 29.8 Å². The Bertz CT molecular complexity index is 1240. The summed E-state index contributed by atoms with van der Waals surface area (Å²) in [6.07, 6.45) is 4.83. The molecule has 2 heterocycles. The van der Waals surface area contributed by atoms with Crippen LogP contribution in [0.25, 0.3) is 11.4 Å². The molecule has 1 aliphatic carbocycles. The van der Waals surface area contributed by atoms with Crippen molar-refractivity contribution in [3.8, 4) is 11.4 Å². The Balaban J connectivity index is 1.63. The van der Waals surface area contributed by atoms with Crippen LogP contribution in [-0.2, 0) is 0 Å². The summed E-state index contributed by atoms with van der Waals surface area (Å²) in [4.78, 5) is 40.4. The van der Waals surface area contributed by atoms with Crippen LogP contribution in [0.2, 0.25) is 0 Å². The molecule has 2 aromatic heterocycles. The van der Waals surface area contributed by atoms with Gasteiger partial charge < -0.3 is 26.8 Å². The number of hydrogen-bond donors (Lipinski definition) is 5. The predicted molar refractivity (Wildman–Crippen MR) is 127 cm³/mol. The first kappa shape index (κ1) is 22.6. The molecule has 0 spiro atoms. The van der Waals surface area contributed by atoms with E-state index in [1.54, 1.807) is 31.5 Å². The van der Waals surface area contributed by atoms with Crippen LogP contribution in [0.3, 0.4) is 0 Å². The Morgan fingerprint density at radius 3 is 2.53 bits per heavy atom. The molecule has 1 fully saturated rings. The zero-order valence-electron chi connectivity index (χ0n) is 18.4. The molecule has 4 rings (SSSR count). The highest BCUT2D eigenvalue weighted by Crippen LogP contribution is 2.42. The fraction of sp³-hybridized carbons (Fsp3) is 0.217. The molecule has 1 saturated carbocycles. The van der Waals surface area contributed by atoms with Gasteiger partial charge in [-0.1, -0.05) is 24.3 Å². The van der Waals surface area contributed by atoms with Crippen molar-refractivity contribution in [3.63, 3.8) is 0 Å². The lowest BCUT2D eigenvalue weighted by molar-refractivity contribution is 0.100. The highest BCUT2D eigenvalue weighted by molar-refractivity contribution is 5.98. The summed E-state index contributed by atoms with van der Waals surface area (Å²) in [7, 11) is 0. The number of carbonyl (C=O) groups is 2. The van der Waals surface area contributed by atoms with Crippen LogP contribution in [0, 0.1) is 0 Å². The fourth-order valence-electron chi connectivity index (χ4n) is 3.74. The lowest BCUT2D eigenvalue weighted by atomic mass is 9.99. The van der Waals surface area contributed by atoms with Gasteiger partial charge >= 0.3 is 6.09 Å². The van der Waals surface area contributed by atoms with Crippen LogP contribution >= 0.6 is 0 Å². The van der Waals surface area contributed by atoms with Crippen molar-refractivity contribution >= 4 is 29.5 Å². The van der Waals surface area contributed by atoms with Gasteiger partial charge in [-0.15, -0.1) is 0 Å². The number of rotatable bonds is 9. The molecule has 11 heteroatoms. The summed E-state index contributed by atoms with van der Waals surface area (Å²) in [5.74, 6) is 0.254. The van der Waals surface area contributed by atoms with E-state index < -0.39 is 23.6 Å². The number of carbonyl (C=O) groups excluding carboxylic acids is 1. The number of primary amides is 1. The Morgan fingerprint density at radius 2 is 1.91 bits per heavy atom. The normalized spacial score (nSPS) is 14.5. The lowest BCUT2D eigenvalue weighted by Gasteiger charge is -2.28. The fourth-order valence-corrected chi connectivity index (χ4v) is 3.74. The minimum absolute atomic E-state index is 0.101. The molecule has 1 atom stereocenters. The number of nitrogens with two attached hydrogens (primary N) is 1. The van der Waals surface area contributed by atoms with Crippen molar-refractivity contribution in [2.24, 2.45) is 5.73 Å². The van der Waals surface area contributed by atoms with Crippen molar-refractivity contribution < 1.29 is 14.7 Å². The monoisotopic (exact) mass is 460 g/mol. The number of hydrogen-bond acceptors (Lipinski definition) is 8. The van der Waals surface area contributed by atoms with Gasteiger partial charge in [0.05, 0.1) is 11.6 Å². The first-order valence-corrected chi connectivity index (χ1v) is 10.5. The van der Waals surface area contributed by atoms with Crippen molar-refractivity contribution in [2.75, 3.05) is 10.6 Å². The summed E-state index contributed by atoms with van der Waals surface area (Å²) < 4.78 is 0. The summed E-state index contributed by atoms with van der Waals surface area (Å²) in [5, 5.41) is 18.1. The minimum atomic E-state index is -1.11. The molecule has 0 aliphatic heterocycles. The van der Waals surface area contributed by atoms with E-state index in [0.29, 0.717) is 24.4 Å². The van der Waals surface area contributed by atoms with Gasteiger partial charge in [0.1, 0.15) is 11.4 Å². The van der Waals surface area contributed by atoms with E-state index in [-0.39, 0.29) is 17.3 Å². The van der Waals surface area contributed by atoms with Crippen molar-refractivity contribution in [3.05, 3.63) is 66.6 Å². The van der Waals surface area contributed by atoms with Gasteiger partial charge in [-0.3, -0.25) is 4.79 Å². The van der Waals surface area contributed by atoms with Gasteiger partial charge in [0.2, 0.25) is 5.95 Å². The summed E-state index contributed by atoms with van der Waals surface area (Å²) >= 11 is 0. The van der Waals surface area contributed by atoms with E-state index in [9.17, 15) is 14.7 Å². The second-order valence-electron chi connectivity index (χ2n) is 8.11. The summed E-state index contributed by atoms with van der Waals surface area (Å²) in [6, 6.07) is 8.61. The molecule has 2 amide bonds. The SMILES string of the molecule is C=C(C)C(Nc1ncc(C(N)=O)c(Nc2cccc(-c3ncccn3)c2)n1)C1(NC(=O)O)CC1. The Morgan fingerprint density at radius 1 is 1.18 bits per heavy atom. The molecular formula is C23H24N8O3. The van der Waals surface area contributed by atoms with Crippen LogP contribution in [0.5, 0.6) is 0 Å². The standard InChI is InChI=1S/C23H24N8O3/c1-13(2)17(23(7-8-23)31-22(33)34)29-21-27-12-16(18(24)32)20(30-21)28-15-6-3-5-14(11-15)19-25-9-4-10-26-19/h3-6,9-12,17,31H,1,7-8H2,2H3,(H2,24,32)(H,33,34)(H2,27,28,29,30). The molecule has 0 radical (unpaired) electrons. The minimum Gasteiger partial charge on any atom is -0.465 e. The van der Waals surface area contributed by atoms with Crippen LogP contribution in [-0.4, -0.2) is 48.6 Å². The van der Waals surface area contributed by atoms with Gasteiger partial charge in [0.15, 0.2) is 5.82 Å². The number of amides is 2. The number of anilines is 3.